The Morgan fingerprint density at radius 3 is 2.55 bits per heavy atom. The van der Waals surface area contributed by atoms with E-state index >= 15 is 0 Å². The van der Waals surface area contributed by atoms with Gasteiger partial charge < -0.3 is 4.74 Å². The first-order valence-corrected chi connectivity index (χ1v) is 7.11. The van der Waals surface area contributed by atoms with E-state index in [1.807, 2.05) is 62.4 Å². The molecule has 0 bridgehead atoms. The number of ether oxygens (including phenoxy) is 1. The lowest BCUT2D eigenvalue weighted by molar-refractivity contribution is -0.120. The van der Waals surface area contributed by atoms with E-state index in [1.54, 1.807) is 7.11 Å². The van der Waals surface area contributed by atoms with Gasteiger partial charge in [0.1, 0.15) is 5.75 Å². The normalized spacial score (nSPS) is 11.1. The standard InChI is InChI=1S/C18H20N2O2/c1-13-5-4-6-16(11-13)14(2)19-20-18(21)12-15-7-9-17(22-3)10-8-15/h4-11H,12H2,1-3H3,(H,20,21). The van der Waals surface area contributed by atoms with Crippen molar-refractivity contribution in [3.63, 3.8) is 0 Å². The number of hydrogen-bond acceptors (Lipinski definition) is 3. The van der Waals surface area contributed by atoms with E-state index in [2.05, 4.69) is 10.5 Å². The van der Waals surface area contributed by atoms with Gasteiger partial charge in [0, 0.05) is 0 Å². The van der Waals surface area contributed by atoms with Crippen LogP contribution < -0.4 is 10.2 Å². The molecule has 0 spiro atoms. The SMILES string of the molecule is COc1ccc(CC(=O)NN=C(C)c2cccc(C)c2)cc1. The van der Waals surface area contributed by atoms with Crippen molar-refractivity contribution in [3.05, 3.63) is 65.2 Å². The van der Waals surface area contributed by atoms with Gasteiger partial charge in [0.2, 0.25) is 5.91 Å². The number of methoxy groups -OCH3 is 1. The minimum Gasteiger partial charge on any atom is -0.497 e. The van der Waals surface area contributed by atoms with Crippen LogP contribution in [0, 0.1) is 6.92 Å². The minimum atomic E-state index is -0.142. The summed E-state index contributed by atoms with van der Waals surface area (Å²) >= 11 is 0. The van der Waals surface area contributed by atoms with E-state index in [0.29, 0.717) is 0 Å². The van der Waals surface area contributed by atoms with Crippen LogP contribution in [0.15, 0.2) is 53.6 Å². The van der Waals surface area contributed by atoms with Crippen LogP contribution in [0.25, 0.3) is 0 Å². The number of nitrogens with zero attached hydrogens (tertiary/aromatic N) is 1. The maximum Gasteiger partial charge on any atom is 0.244 e. The number of amides is 1. The van der Waals surface area contributed by atoms with E-state index in [0.717, 1.165) is 28.2 Å². The summed E-state index contributed by atoms with van der Waals surface area (Å²) < 4.78 is 5.09. The molecule has 0 aliphatic rings. The van der Waals surface area contributed by atoms with Crippen molar-refractivity contribution >= 4 is 11.6 Å². The lowest BCUT2D eigenvalue weighted by Gasteiger charge is -2.05. The number of hydrazone groups is 1. The van der Waals surface area contributed by atoms with E-state index in [-0.39, 0.29) is 12.3 Å². The Balaban J connectivity index is 1.95. The van der Waals surface area contributed by atoms with Crippen LogP contribution >= 0.6 is 0 Å². The van der Waals surface area contributed by atoms with Gasteiger partial charge in [-0.3, -0.25) is 4.79 Å². The van der Waals surface area contributed by atoms with E-state index in [1.165, 1.54) is 0 Å². The van der Waals surface area contributed by atoms with Crippen LogP contribution in [0.5, 0.6) is 5.75 Å². The zero-order chi connectivity index (χ0) is 15.9. The molecule has 114 valence electrons. The maximum absolute atomic E-state index is 11.9. The lowest BCUT2D eigenvalue weighted by Crippen LogP contribution is -2.21. The second-order valence-electron chi connectivity index (χ2n) is 5.13. The summed E-state index contributed by atoms with van der Waals surface area (Å²) in [6.45, 7) is 3.90. The van der Waals surface area contributed by atoms with Crippen molar-refractivity contribution < 1.29 is 9.53 Å². The first-order valence-electron chi connectivity index (χ1n) is 7.11. The van der Waals surface area contributed by atoms with Gasteiger partial charge in [-0.25, -0.2) is 5.43 Å². The van der Waals surface area contributed by atoms with Crippen LogP contribution in [0.1, 0.15) is 23.6 Å². The molecule has 0 heterocycles. The summed E-state index contributed by atoms with van der Waals surface area (Å²) in [7, 11) is 1.62. The molecular weight excluding hydrogens is 276 g/mol. The quantitative estimate of drug-likeness (QED) is 0.681. The Hall–Kier alpha value is -2.62. The molecule has 0 aliphatic carbocycles. The third kappa shape index (κ3) is 4.45. The molecule has 2 aromatic carbocycles. The van der Waals surface area contributed by atoms with Crippen LogP contribution in [0.4, 0.5) is 0 Å². The van der Waals surface area contributed by atoms with Crippen LogP contribution in [-0.2, 0) is 11.2 Å². The molecule has 0 atom stereocenters. The molecule has 4 heteroatoms. The van der Waals surface area contributed by atoms with Gasteiger partial charge in [0.25, 0.3) is 0 Å². The summed E-state index contributed by atoms with van der Waals surface area (Å²) in [6.07, 6.45) is 0.286. The zero-order valence-corrected chi connectivity index (χ0v) is 13.1. The van der Waals surface area contributed by atoms with Crippen molar-refractivity contribution in [1.29, 1.82) is 0 Å². The van der Waals surface area contributed by atoms with Crippen molar-refractivity contribution in [2.24, 2.45) is 5.10 Å². The highest BCUT2D eigenvalue weighted by Crippen LogP contribution is 2.11. The summed E-state index contributed by atoms with van der Waals surface area (Å²) in [4.78, 5) is 11.9. The highest BCUT2D eigenvalue weighted by molar-refractivity contribution is 5.99. The van der Waals surface area contributed by atoms with E-state index in [9.17, 15) is 4.79 Å². The molecule has 2 aromatic rings. The fourth-order valence-corrected chi connectivity index (χ4v) is 2.05. The summed E-state index contributed by atoms with van der Waals surface area (Å²) in [5, 5.41) is 4.16. The van der Waals surface area contributed by atoms with Gasteiger partial charge in [-0.1, -0.05) is 42.0 Å². The van der Waals surface area contributed by atoms with E-state index < -0.39 is 0 Å². The molecule has 4 nitrogen and oxygen atoms in total. The molecule has 0 radical (unpaired) electrons. The number of benzene rings is 2. The third-order valence-corrected chi connectivity index (χ3v) is 3.31. The van der Waals surface area contributed by atoms with Gasteiger partial charge in [-0.15, -0.1) is 0 Å². The third-order valence-electron chi connectivity index (χ3n) is 3.31. The highest BCUT2D eigenvalue weighted by Gasteiger charge is 2.04. The molecule has 22 heavy (non-hydrogen) atoms. The Morgan fingerprint density at radius 2 is 1.91 bits per heavy atom. The van der Waals surface area contributed by atoms with Crippen molar-refractivity contribution in [2.45, 2.75) is 20.3 Å². The van der Waals surface area contributed by atoms with Gasteiger partial charge in [0.05, 0.1) is 19.2 Å². The fraction of sp³-hybridized carbons (Fsp3) is 0.222. The number of carbonyl (C=O) groups is 1. The molecule has 1 N–H and O–H groups in total. The summed E-state index contributed by atoms with van der Waals surface area (Å²) in [6, 6.07) is 15.4. The Labute approximate surface area is 130 Å². The number of nitrogens with one attached hydrogen (secondary N) is 1. The van der Waals surface area contributed by atoms with E-state index in [4.69, 9.17) is 4.74 Å². The molecule has 2 rings (SSSR count). The van der Waals surface area contributed by atoms with Crippen LogP contribution in [-0.4, -0.2) is 18.7 Å². The second-order valence-corrected chi connectivity index (χ2v) is 5.13. The Bertz CT molecular complexity index is 676. The predicted octanol–water partition coefficient (Wildman–Crippen LogP) is 3.09. The second kappa shape index (κ2) is 7.41. The average Bonchev–Trinajstić information content (AvgIpc) is 2.53. The molecule has 0 fully saturated rings. The van der Waals surface area contributed by atoms with Gasteiger partial charge in [0.15, 0.2) is 0 Å². The molecule has 0 saturated heterocycles. The molecular formula is C18H20N2O2. The molecule has 0 unspecified atom stereocenters. The molecule has 1 amide bonds. The Morgan fingerprint density at radius 1 is 1.18 bits per heavy atom. The summed E-state index contributed by atoms with van der Waals surface area (Å²) in [5.74, 6) is 0.634. The lowest BCUT2D eigenvalue weighted by atomic mass is 10.1. The average molecular weight is 296 g/mol. The molecule has 0 saturated carbocycles. The topological polar surface area (TPSA) is 50.7 Å². The monoisotopic (exact) mass is 296 g/mol. The predicted molar refractivity (Wildman–Crippen MR) is 88.2 cm³/mol. The minimum absolute atomic E-state index is 0.142. The van der Waals surface area contributed by atoms with Crippen molar-refractivity contribution in [1.82, 2.24) is 5.43 Å². The number of hydrogen-bond donors (Lipinski definition) is 1. The Kier molecular flexibility index (Phi) is 5.31. The zero-order valence-electron chi connectivity index (χ0n) is 13.1. The summed E-state index contributed by atoms with van der Waals surface area (Å²) in [5.41, 5.74) is 6.47. The number of rotatable bonds is 5. The first-order chi connectivity index (χ1) is 10.6. The van der Waals surface area contributed by atoms with Gasteiger partial charge >= 0.3 is 0 Å². The highest BCUT2D eigenvalue weighted by atomic mass is 16.5. The maximum atomic E-state index is 11.9. The molecule has 0 aromatic heterocycles. The van der Waals surface area contributed by atoms with Gasteiger partial charge in [-0.2, -0.15) is 5.10 Å². The van der Waals surface area contributed by atoms with Gasteiger partial charge in [-0.05, 0) is 37.1 Å². The van der Waals surface area contributed by atoms with Crippen molar-refractivity contribution in [3.8, 4) is 5.75 Å². The van der Waals surface area contributed by atoms with Crippen molar-refractivity contribution in [2.75, 3.05) is 7.11 Å². The van der Waals surface area contributed by atoms with Crippen LogP contribution in [0.3, 0.4) is 0 Å². The molecule has 0 aliphatic heterocycles. The number of aryl methyl sites for hydroxylation is 1. The first kappa shape index (κ1) is 15.8. The fourth-order valence-electron chi connectivity index (χ4n) is 2.05. The smallest absolute Gasteiger partial charge is 0.244 e. The van der Waals surface area contributed by atoms with Crippen LogP contribution in [0.2, 0.25) is 0 Å². The largest absolute Gasteiger partial charge is 0.497 e. The number of carbonyl (C=O) groups excluding carboxylic acids is 1.